The average molecular weight is 467 g/mol. The second-order valence-corrected chi connectivity index (χ2v) is 12.4. The molecular weight excluding hydrogens is 424 g/mol. The van der Waals surface area contributed by atoms with Crippen molar-refractivity contribution in [3.05, 3.63) is 46.6 Å². The first-order valence-corrected chi connectivity index (χ1v) is 13.0. The Morgan fingerprint density at radius 3 is 2.47 bits per heavy atom. The molecule has 3 fully saturated rings. The topological polar surface area (TPSA) is 63.6 Å². The number of hydrogen-bond donors (Lipinski definition) is 1. The summed E-state index contributed by atoms with van der Waals surface area (Å²) in [6.07, 6.45) is 12.7. The maximum atomic E-state index is 13.4. The molecule has 1 N–H and O–H groups in total. The fourth-order valence-electron chi connectivity index (χ4n) is 8.03. The van der Waals surface area contributed by atoms with E-state index in [4.69, 9.17) is 4.74 Å². The highest BCUT2D eigenvalue weighted by atomic mass is 16.5. The molecule has 4 heteroatoms. The third-order valence-corrected chi connectivity index (χ3v) is 10.1. The zero-order chi connectivity index (χ0) is 25.1. The van der Waals surface area contributed by atoms with E-state index in [0.717, 1.165) is 42.4 Å². The van der Waals surface area contributed by atoms with Crippen LogP contribution in [0.2, 0.25) is 0 Å². The zero-order valence-corrected chi connectivity index (χ0v) is 22.0. The fraction of sp³-hybridized carbons (Fsp3) is 0.667. The number of aliphatic hydroxyl groups excluding tert-OH is 1. The molecule has 6 atom stereocenters. The van der Waals surface area contributed by atoms with E-state index in [-0.39, 0.29) is 34.4 Å². The molecule has 4 rings (SSSR count). The van der Waals surface area contributed by atoms with Crippen molar-refractivity contribution in [3.8, 4) is 0 Å². The summed E-state index contributed by atoms with van der Waals surface area (Å²) in [4.78, 5) is 25.3. The molecule has 4 aliphatic rings. The number of aliphatic hydroxyl groups is 1. The lowest BCUT2D eigenvalue weighted by Gasteiger charge is -2.62. The van der Waals surface area contributed by atoms with Gasteiger partial charge in [0.05, 0.1) is 6.10 Å². The van der Waals surface area contributed by atoms with E-state index in [9.17, 15) is 14.7 Å². The molecule has 0 spiro atoms. The molecule has 3 saturated carbocycles. The maximum Gasteiger partial charge on any atom is 0.333 e. The van der Waals surface area contributed by atoms with E-state index in [1.165, 1.54) is 0 Å². The number of esters is 1. The third kappa shape index (κ3) is 3.86. The first-order valence-electron chi connectivity index (χ1n) is 13.0. The molecule has 3 aliphatic carbocycles. The first-order chi connectivity index (χ1) is 15.8. The molecule has 0 aromatic heterocycles. The van der Waals surface area contributed by atoms with Crippen LogP contribution in [0.25, 0.3) is 0 Å². The Kier molecular flexibility index (Phi) is 6.38. The van der Waals surface area contributed by atoms with Crippen molar-refractivity contribution in [3.63, 3.8) is 0 Å². The molecule has 34 heavy (non-hydrogen) atoms. The van der Waals surface area contributed by atoms with Crippen molar-refractivity contribution < 1.29 is 19.4 Å². The lowest BCUT2D eigenvalue weighted by Crippen LogP contribution is -2.57. The quantitative estimate of drug-likeness (QED) is 0.303. The van der Waals surface area contributed by atoms with Gasteiger partial charge in [-0.15, -0.1) is 0 Å². The van der Waals surface area contributed by atoms with Crippen LogP contribution in [0.15, 0.2) is 46.6 Å². The van der Waals surface area contributed by atoms with E-state index in [1.807, 2.05) is 25.2 Å². The van der Waals surface area contributed by atoms with E-state index >= 15 is 0 Å². The zero-order valence-electron chi connectivity index (χ0n) is 22.0. The van der Waals surface area contributed by atoms with E-state index in [0.29, 0.717) is 36.0 Å². The monoisotopic (exact) mass is 466 g/mol. The smallest absolute Gasteiger partial charge is 0.333 e. The summed E-state index contributed by atoms with van der Waals surface area (Å²) in [5, 5.41) is 10.7. The average Bonchev–Trinajstić information content (AvgIpc) is 3.04. The van der Waals surface area contributed by atoms with Crippen molar-refractivity contribution in [1.29, 1.82) is 0 Å². The van der Waals surface area contributed by atoms with Gasteiger partial charge >= 0.3 is 5.97 Å². The fourth-order valence-corrected chi connectivity index (χ4v) is 8.03. The second-order valence-electron chi connectivity index (χ2n) is 12.4. The molecule has 0 unspecified atom stereocenters. The van der Waals surface area contributed by atoms with Gasteiger partial charge in [0.15, 0.2) is 5.78 Å². The van der Waals surface area contributed by atoms with Gasteiger partial charge in [-0.3, -0.25) is 4.79 Å². The number of carbonyl (C=O) groups excluding carboxylic acids is 2. The van der Waals surface area contributed by atoms with Gasteiger partial charge in [0, 0.05) is 29.4 Å². The first kappa shape index (κ1) is 25.2. The summed E-state index contributed by atoms with van der Waals surface area (Å²) in [5.74, 6) is 0.809. The van der Waals surface area contributed by atoms with Crippen LogP contribution in [0.5, 0.6) is 0 Å². The highest BCUT2D eigenvalue weighted by Gasteiger charge is 2.64. The number of ether oxygens (including phenoxy) is 1. The van der Waals surface area contributed by atoms with Gasteiger partial charge in [0.25, 0.3) is 0 Å². The SMILES string of the molecule is CC1=CC[C@H](/C(C)=C/C=C/C(C)=C2\C(=O)C[C@H]3[C@@]4(C)CC[C@H](O)C(C)(C)[C@@H]4CC[C@]23C)OC1=O. The molecule has 0 aromatic rings. The summed E-state index contributed by atoms with van der Waals surface area (Å²) in [6, 6.07) is 0. The molecule has 0 saturated heterocycles. The van der Waals surface area contributed by atoms with Crippen LogP contribution in [0.3, 0.4) is 0 Å². The minimum atomic E-state index is -0.260. The highest BCUT2D eigenvalue weighted by molar-refractivity contribution is 6.00. The van der Waals surface area contributed by atoms with Gasteiger partial charge in [0.1, 0.15) is 6.10 Å². The van der Waals surface area contributed by atoms with Crippen LogP contribution in [0.4, 0.5) is 0 Å². The maximum absolute atomic E-state index is 13.4. The van der Waals surface area contributed by atoms with E-state index < -0.39 is 0 Å². The molecule has 186 valence electrons. The normalized spacial score (nSPS) is 41.6. The summed E-state index contributed by atoms with van der Waals surface area (Å²) in [5.41, 5.74) is 3.57. The van der Waals surface area contributed by atoms with Gasteiger partial charge < -0.3 is 9.84 Å². The molecule has 0 aromatic carbocycles. The van der Waals surface area contributed by atoms with Crippen molar-refractivity contribution in [2.75, 3.05) is 0 Å². The van der Waals surface area contributed by atoms with Crippen LogP contribution in [-0.2, 0) is 14.3 Å². The predicted octanol–water partition coefficient (Wildman–Crippen LogP) is 6.26. The lowest BCUT2D eigenvalue weighted by atomic mass is 9.43. The van der Waals surface area contributed by atoms with Crippen LogP contribution >= 0.6 is 0 Å². The van der Waals surface area contributed by atoms with Gasteiger partial charge in [-0.25, -0.2) is 4.79 Å². The van der Waals surface area contributed by atoms with Crippen molar-refractivity contribution in [2.45, 2.75) is 99.2 Å². The van der Waals surface area contributed by atoms with Crippen molar-refractivity contribution in [2.24, 2.45) is 28.1 Å². The Labute approximate surface area is 205 Å². The molecular formula is C30H42O4. The minimum Gasteiger partial charge on any atom is -0.454 e. The molecule has 1 aliphatic heterocycles. The number of fused-ring (bicyclic) bond motifs is 3. The van der Waals surface area contributed by atoms with Gasteiger partial charge in [0.2, 0.25) is 0 Å². The number of Topliss-reactive ketones (excluding diaryl/α,β-unsaturated/α-hetero) is 1. The third-order valence-electron chi connectivity index (χ3n) is 10.1. The number of cyclic esters (lactones) is 1. The minimum absolute atomic E-state index is 0.0735. The molecule has 0 amide bonds. The molecule has 0 radical (unpaired) electrons. The summed E-state index contributed by atoms with van der Waals surface area (Å²) in [6.45, 7) is 15.0. The van der Waals surface area contributed by atoms with E-state index in [1.54, 1.807) is 6.92 Å². The molecule has 0 bridgehead atoms. The number of ketones is 1. The Bertz CT molecular complexity index is 1010. The summed E-state index contributed by atoms with van der Waals surface area (Å²) < 4.78 is 5.51. The predicted molar refractivity (Wildman–Crippen MR) is 135 cm³/mol. The Balaban J connectivity index is 1.59. The Morgan fingerprint density at radius 2 is 1.79 bits per heavy atom. The number of hydrogen-bond acceptors (Lipinski definition) is 4. The largest absolute Gasteiger partial charge is 0.454 e. The van der Waals surface area contributed by atoms with Crippen LogP contribution in [-0.4, -0.2) is 29.1 Å². The second kappa shape index (κ2) is 8.62. The standard InChI is InChI=1S/C30H42O4/c1-18(22-12-11-20(3)27(33)34-22)9-8-10-19(2)26-21(31)17-24-29(6)16-14-25(32)28(4,5)23(29)13-15-30(24,26)7/h8-11,22-25,32H,12-17H2,1-7H3/b10-8+,18-9+,26-19+/t22-,23+,24+,25+,29+,30+/m1/s1. The highest BCUT2D eigenvalue weighted by Crippen LogP contribution is 2.69. The van der Waals surface area contributed by atoms with Crippen molar-refractivity contribution in [1.82, 2.24) is 0 Å². The van der Waals surface area contributed by atoms with Crippen LogP contribution in [0, 0.1) is 28.1 Å². The number of allylic oxidation sites excluding steroid dienone is 5. The van der Waals surface area contributed by atoms with Crippen LogP contribution < -0.4 is 0 Å². The van der Waals surface area contributed by atoms with Crippen molar-refractivity contribution >= 4 is 11.8 Å². The Hall–Kier alpha value is -1.94. The number of rotatable bonds is 3. The molecule has 1 heterocycles. The molecule has 4 nitrogen and oxygen atoms in total. The van der Waals surface area contributed by atoms with E-state index in [2.05, 4.69) is 40.7 Å². The number of carbonyl (C=O) groups is 2. The summed E-state index contributed by atoms with van der Waals surface area (Å²) >= 11 is 0. The van der Waals surface area contributed by atoms with Gasteiger partial charge in [-0.1, -0.05) is 52.0 Å². The Morgan fingerprint density at radius 1 is 1.09 bits per heavy atom. The van der Waals surface area contributed by atoms with Gasteiger partial charge in [-0.2, -0.15) is 0 Å². The van der Waals surface area contributed by atoms with Crippen LogP contribution in [0.1, 0.15) is 87.0 Å². The van der Waals surface area contributed by atoms with Gasteiger partial charge in [-0.05, 0) is 80.3 Å². The lowest BCUT2D eigenvalue weighted by molar-refractivity contribution is -0.157. The summed E-state index contributed by atoms with van der Waals surface area (Å²) in [7, 11) is 0.